The monoisotopic (exact) mass is 420 g/mol. The maximum atomic E-state index is 12.9. The third-order valence-electron chi connectivity index (χ3n) is 5.18. The first-order chi connectivity index (χ1) is 14.4. The highest BCUT2D eigenvalue weighted by Gasteiger charge is 2.32. The lowest BCUT2D eigenvalue weighted by atomic mass is 10.1. The number of aliphatic imine (C=N–C) groups is 1. The number of likely N-dealkylation sites (N-methyl/N-ethyl adjacent to an activating group) is 1. The van der Waals surface area contributed by atoms with Crippen molar-refractivity contribution in [3.05, 3.63) is 36.2 Å². The summed E-state index contributed by atoms with van der Waals surface area (Å²) in [5.74, 6) is -0.120. The normalized spacial score (nSPS) is 19.9. The molecule has 1 unspecified atom stereocenters. The number of aromatic nitrogens is 2. The molecule has 0 saturated carbocycles. The molecule has 0 spiro atoms. The first-order valence-corrected chi connectivity index (χ1v) is 9.82. The molecule has 1 aromatic heterocycles. The van der Waals surface area contributed by atoms with E-state index < -0.39 is 6.36 Å². The summed E-state index contributed by atoms with van der Waals surface area (Å²) in [5, 5.41) is 2.91. The second-order valence-corrected chi connectivity index (χ2v) is 7.37. The number of hydrogen-bond acceptors (Lipinski definition) is 7. The topological polar surface area (TPSA) is 65.9 Å². The highest BCUT2D eigenvalue weighted by molar-refractivity contribution is 5.69. The third-order valence-corrected chi connectivity index (χ3v) is 5.18. The average molecular weight is 420 g/mol. The smallest absolute Gasteiger partial charge is 0.404 e. The fourth-order valence-corrected chi connectivity index (χ4v) is 3.56. The molecule has 160 valence electrons. The van der Waals surface area contributed by atoms with E-state index in [1.807, 2.05) is 13.3 Å². The van der Waals surface area contributed by atoms with Gasteiger partial charge in [-0.15, -0.1) is 13.2 Å². The quantitative estimate of drug-likeness (QED) is 0.794. The molecule has 7 nitrogen and oxygen atoms in total. The highest BCUT2D eigenvalue weighted by atomic mass is 19.4. The fraction of sp³-hybridized carbons (Fsp3) is 0.450. The van der Waals surface area contributed by atoms with Crippen molar-refractivity contribution in [3.8, 4) is 5.75 Å². The Balaban J connectivity index is 1.61. The van der Waals surface area contributed by atoms with E-state index in [4.69, 9.17) is 0 Å². The minimum atomic E-state index is -4.80. The van der Waals surface area contributed by atoms with Gasteiger partial charge in [0.05, 0.1) is 17.4 Å². The van der Waals surface area contributed by atoms with Gasteiger partial charge in [0.25, 0.3) is 0 Å². The van der Waals surface area contributed by atoms with Gasteiger partial charge in [0, 0.05) is 38.1 Å². The highest BCUT2D eigenvalue weighted by Crippen LogP contribution is 2.35. The predicted molar refractivity (Wildman–Crippen MR) is 109 cm³/mol. The van der Waals surface area contributed by atoms with Gasteiger partial charge in [0.2, 0.25) is 5.95 Å². The number of ether oxygens (including phenoxy) is 1. The summed E-state index contributed by atoms with van der Waals surface area (Å²) in [6.45, 7) is 3.36. The van der Waals surface area contributed by atoms with E-state index in [0.29, 0.717) is 0 Å². The van der Waals surface area contributed by atoms with Crippen molar-refractivity contribution < 1.29 is 17.9 Å². The van der Waals surface area contributed by atoms with Crippen molar-refractivity contribution in [1.82, 2.24) is 14.9 Å². The summed E-state index contributed by atoms with van der Waals surface area (Å²) in [6, 6.07) is 6.34. The molecule has 10 heteroatoms. The Labute approximate surface area is 172 Å². The number of alkyl halides is 3. The minimum Gasteiger partial charge on any atom is -0.404 e. The lowest BCUT2D eigenvalue weighted by Crippen LogP contribution is -2.44. The molecule has 0 bridgehead atoms. The van der Waals surface area contributed by atoms with Gasteiger partial charge in [-0.1, -0.05) is 0 Å². The molecule has 0 amide bonds. The molecular formula is C20H23F3N6O. The molecule has 2 aliphatic heterocycles. The molecule has 1 aromatic carbocycles. The van der Waals surface area contributed by atoms with E-state index in [-0.39, 0.29) is 23.4 Å². The van der Waals surface area contributed by atoms with Crippen LogP contribution in [-0.4, -0.2) is 60.7 Å². The Morgan fingerprint density at radius 3 is 2.63 bits per heavy atom. The summed E-state index contributed by atoms with van der Waals surface area (Å²) < 4.78 is 43.0. The summed E-state index contributed by atoms with van der Waals surface area (Å²) in [7, 11) is 2.04. The fourth-order valence-electron chi connectivity index (χ4n) is 3.56. The van der Waals surface area contributed by atoms with Crippen LogP contribution in [-0.2, 0) is 0 Å². The Morgan fingerprint density at radius 2 is 1.93 bits per heavy atom. The summed E-state index contributed by atoms with van der Waals surface area (Å²) >= 11 is 0. The standard InChI is InChI=1S/C20H23F3N6O/c1-28-9-11-29(12-10-28)14-4-5-18(30-20(21,22)23)17(13-14)27-19-25-8-6-16(26-19)15-3-2-7-24-15/h4-8,13,15H,2-3,9-12H2,1H3,(H,25,26,27). The van der Waals surface area contributed by atoms with Crippen molar-refractivity contribution in [2.45, 2.75) is 25.2 Å². The van der Waals surface area contributed by atoms with E-state index >= 15 is 0 Å². The lowest BCUT2D eigenvalue weighted by Gasteiger charge is -2.34. The molecule has 0 radical (unpaired) electrons. The first-order valence-electron chi connectivity index (χ1n) is 9.82. The van der Waals surface area contributed by atoms with Crippen LogP contribution in [0.2, 0.25) is 0 Å². The zero-order valence-corrected chi connectivity index (χ0v) is 16.6. The Hall–Kier alpha value is -2.88. The Kier molecular flexibility index (Phi) is 5.76. The molecule has 30 heavy (non-hydrogen) atoms. The SMILES string of the molecule is CN1CCN(c2ccc(OC(F)(F)F)c(Nc3nccc(C4CCC=N4)n3)c2)CC1. The zero-order chi connectivity index (χ0) is 21.1. The molecule has 0 aliphatic carbocycles. The van der Waals surface area contributed by atoms with Crippen LogP contribution in [0.3, 0.4) is 0 Å². The first kappa shape index (κ1) is 20.4. The molecule has 1 saturated heterocycles. The molecule has 2 aliphatic rings. The van der Waals surface area contributed by atoms with Crippen molar-refractivity contribution >= 4 is 23.5 Å². The second kappa shape index (κ2) is 8.47. The maximum absolute atomic E-state index is 12.9. The van der Waals surface area contributed by atoms with Crippen molar-refractivity contribution in [1.29, 1.82) is 0 Å². The molecule has 2 aromatic rings. The van der Waals surface area contributed by atoms with Gasteiger partial charge in [-0.3, -0.25) is 4.99 Å². The predicted octanol–water partition coefficient (Wildman–Crippen LogP) is 3.78. The Morgan fingerprint density at radius 1 is 1.13 bits per heavy atom. The molecule has 1 atom stereocenters. The van der Waals surface area contributed by atoms with Crippen LogP contribution in [0.1, 0.15) is 24.6 Å². The van der Waals surface area contributed by atoms with E-state index in [2.05, 4.69) is 34.8 Å². The van der Waals surface area contributed by atoms with Crippen LogP contribution in [0.15, 0.2) is 35.5 Å². The van der Waals surface area contributed by atoms with Crippen LogP contribution in [0.25, 0.3) is 0 Å². The number of nitrogens with one attached hydrogen (secondary N) is 1. The van der Waals surface area contributed by atoms with Gasteiger partial charge in [-0.2, -0.15) is 0 Å². The molecule has 1 N–H and O–H groups in total. The number of nitrogens with zero attached hydrogens (tertiary/aromatic N) is 5. The number of halogens is 3. The van der Waals surface area contributed by atoms with E-state index in [0.717, 1.165) is 50.4 Å². The Bertz CT molecular complexity index is 912. The largest absolute Gasteiger partial charge is 0.573 e. The van der Waals surface area contributed by atoms with Gasteiger partial charge in [-0.25, -0.2) is 9.97 Å². The van der Waals surface area contributed by atoms with Crippen LogP contribution in [0.5, 0.6) is 5.75 Å². The maximum Gasteiger partial charge on any atom is 0.573 e. The lowest BCUT2D eigenvalue weighted by molar-refractivity contribution is -0.274. The molecule has 3 heterocycles. The number of piperazine rings is 1. The van der Waals surface area contributed by atoms with Gasteiger partial charge >= 0.3 is 6.36 Å². The number of rotatable bonds is 5. The summed E-state index contributed by atoms with van der Waals surface area (Å²) in [6.07, 6.45) is 0.376. The molecular weight excluding hydrogens is 397 g/mol. The van der Waals surface area contributed by atoms with Gasteiger partial charge in [0.1, 0.15) is 0 Å². The third kappa shape index (κ3) is 4.99. The van der Waals surface area contributed by atoms with E-state index in [1.54, 1.807) is 24.4 Å². The van der Waals surface area contributed by atoms with Crippen LogP contribution >= 0.6 is 0 Å². The van der Waals surface area contributed by atoms with Crippen molar-refractivity contribution in [2.75, 3.05) is 43.4 Å². The van der Waals surface area contributed by atoms with Gasteiger partial charge < -0.3 is 19.9 Å². The average Bonchev–Trinajstić information content (AvgIpc) is 3.24. The number of anilines is 3. The summed E-state index contributed by atoms with van der Waals surface area (Å²) in [5.41, 5.74) is 1.71. The van der Waals surface area contributed by atoms with Crippen LogP contribution < -0.4 is 15.0 Å². The van der Waals surface area contributed by atoms with Crippen molar-refractivity contribution in [2.24, 2.45) is 4.99 Å². The van der Waals surface area contributed by atoms with E-state index in [9.17, 15) is 13.2 Å². The number of benzene rings is 1. The second-order valence-electron chi connectivity index (χ2n) is 7.37. The van der Waals surface area contributed by atoms with Crippen LogP contribution in [0, 0.1) is 0 Å². The zero-order valence-electron chi connectivity index (χ0n) is 16.6. The van der Waals surface area contributed by atoms with Gasteiger partial charge in [0.15, 0.2) is 5.75 Å². The summed E-state index contributed by atoms with van der Waals surface area (Å²) in [4.78, 5) is 17.3. The van der Waals surface area contributed by atoms with Gasteiger partial charge in [-0.05, 0) is 50.4 Å². The molecule has 4 rings (SSSR count). The number of hydrogen-bond donors (Lipinski definition) is 1. The molecule has 1 fully saturated rings. The van der Waals surface area contributed by atoms with Crippen LogP contribution in [0.4, 0.5) is 30.5 Å². The van der Waals surface area contributed by atoms with E-state index in [1.165, 1.54) is 6.07 Å². The van der Waals surface area contributed by atoms with Crippen molar-refractivity contribution in [3.63, 3.8) is 0 Å². The minimum absolute atomic E-state index is 0.0453.